The number of carbonyl (C=O) groups excluding carboxylic acids is 1. The van der Waals surface area contributed by atoms with E-state index in [1.54, 1.807) is 29.2 Å². The quantitative estimate of drug-likeness (QED) is 0.746. The molecule has 0 spiro atoms. The normalized spacial score (nSPS) is 18.5. The third-order valence-corrected chi connectivity index (χ3v) is 4.92. The van der Waals surface area contributed by atoms with Gasteiger partial charge in [-0.05, 0) is 23.8 Å². The predicted molar refractivity (Wildman–Crippen MR) is 105 cm³/mol. The van der Waals surface area contributed by atoms with Crippen molar-refractivity contribution in [2.75, 3.05) is 26.8 Å². The van der Waals surface area contributed by atoms with E-state index < -0.39 is 11.9 Å². The molecule has 1 amide bonds. The maximum atomic E-state index is 13.0. The van der Waals surface area contributed by atoms with Crippen LogP contribution in [0.15, 0.2) is 61.2 Å². The molecule has 2 aromatic rings. The zero-order valence-corrected chi connectivity index (χ0v) is 15.7. The maximum Gasteiger partial charge on any atom is 0.308 e. The molecule has 1 aliphatic heterocycles. The van der Waals surface area contributed by atoms with Crippen molar-refractivity contribution in [2.24, 2.45) is 5.92 Å². The van der Waals surface area contributed by atoms with Crippen LogP contribution in [0.1, 0.15) is 21.8 Å². The van der Waals surface area contributed by atoms with Gasteiger partial charge in [0, 0.05) is 24.6 Å². The monoisotopic (exact) mass is 381 g/mol. The summed E-state index contributed by atoms with van der Waals surface area (Å²) in [7, 11) is 1.51. The van der Waals surface area contributed by atoms with E-state index in [2.05, 4.69) is 6.58 Å². The third kappa shape index (κ3) is 4.01. The first-order valence-electron chi connectivity index (χ1n) is 9.04. The maximum absolute atomic E-state index is 13.0. The van der Waals surface area contributed by atoms with Gasteiger partial charge >= 0.3 is 5.97 Å². The Morgan fingerprint density at radius 1 is 1.18 bits per heavy atom. The SMILES string of the molecule is C=CCOc1ccc(C(=O)N2CC(C(=O)O)C(c3ccccc3)C2)cc1OC. The number of carbonyl (C=O) groups is 2. The van der Waals surface area contributed by atoms with Crippen LogP contribution >= 0.6 is 0 Å². The molecule has 1 heterocycles. The number of rotatable bonds is 7. The average molecular weight is 381 g/mol. The molecule has 6 heteroatoms. The number of carboxylic acid groups (broad SMARTS) is 1. The van der Waals surface area contributed by atoms with Gasteiger partial charge in [-0.25, -0.2) is 0 Å². The summed E-state index contributed by atoms with van der Waals surface area (Å²) in [5.74, 6) is -1.02. The van der Waals surface area contributed by atoms with Crippen LogP contribution in [0.5, 0.6) is 11.5 Å². The molecule has 2 aromatic carbocycles. The highest BCUT2D eigenvalue weighted by Gasteiger charge is 2.40. The van der Waals surface area contributed by atoms with Crippen molar-refractivity contribution in [2.45, 2.75) is 5.92 Å². The second-order valence-corrected chi connectivity index (χ2v) is 6.64. The molecule has 3 rings (SSSR count). The van der Waals surface area contributed by atoms with Crippen LogP contribution in [0.4, 0.5) is 0 Å². The van der Waals surface area contributed by atoms with Gasteiger partial charge in [0.05, 0.1) is 13.0 Å². The number of aliphatic carboxylic acids is 1. The van der Waals surface area contributed by atoms with E-state index >= 15 is 0 Å². The number of benzene rings is 2. The molecule has 1 aliphatic rings. The van der Waals surface area contributed by atoms with Crippen molar-refractivity contribution in [3.05, 3.63) is 72.3 Å². The Bertz CT molecular complexity index is 864. The first-order chi connectivity index (χ1) is 13.5. The lowest BCUT2D eigenvalue weighted by Gasteiger charge is -2.18. The van der Waals surface area contributed by atoms with Gasteiger partial charge < -0.3 is 19.5 Å². The van der Waals surface area contributed by atoms with Crippen molar-refractivity contribution >= 4 is 11.9 Å². The molecule has 0 radical (unpaired) electrons. The first kappa shape index (κ1) is 19.5. The number of nitrogens with zero attached hydrogens (tertiary/aromatic N) is 1. The van der Waals surface area contributed by atoms with Gasteiger partial charge in [-0.2, -0.15) is 0 Å². The molecule has 6 nitrogen and oxygen atoms in total. The van der Waals surface area contributed by atoms with Gasteiger partial charge in [0.15, 0.2) is 11.5 Å². The lowest BCUT2D eigenvalue weighted by atomic mass is 9.89. The molecule has 1 fully saturated rings. The zero-order chi connectivity index (χ0) is 20.1. The minimum absolute atomic E-state index is 0.171. The predicted octanol–water partition coefficient (Wildman–Crippen LogP) is 3.20. The second kappa shape index (κ2) is 8.61. The fourth-order valence-corrected chi connectivity index (χ4v) is 3.51. The molecule has 2 unspecified atom stereocenters. The molecule has 0 aliphatic carbocycles. The Balaban J connectivity index is 1.82. The number of amides is 1. The molecule has 28 heavy (non-hydrogen) atoms. The lowest BCUT2D eigenvalue weighted by molar-refractivity contribution is -0.141. The standard InChI is InChI=1S/C22H23NO5/c1-3-11-28-19-10-9-16(12-20(19)27-2)21(24)23-13-17(18(14-23)22(25)26)15-7-5-4-6-8-15/h3-10,12,17-18H,1,11,13-14H2,2H3,(H,25,26). The molecular formula is C22H23NO5. The van der Waals surface area contributed by atoms with E-state index in [0.29, 0.717) is 30.2 Å². The summed E-state index contributed by atoms with van der Waals surface area (Å²) in [5.41, 5.74) is 1.36. The number of likely N-dealkylation sites (tertiary alicyclic amines) is 1. The fraction of sp³-hybridized carbons (Fsp3) is 0.273. The summed E-state index contributed by atoms with van der Waals surface area (Å²) in [6, 6.07) is 14.4. The third-order valence-electron chi connectivity index (χ3n) is 4.92. The van der Waals surface area contributed by atoms with Crippen LogP contribution in [0.3, 0.4) is 0 Å². The van der Waals surface area contributed by atoms with E-state index in [9.17, 15) is 14.7 Å². The Labute approximate surface area is 164 Å². The Kier molecular flexibility index (Phi) is 5.99. The van der Waals surface area contributed by atoms with Gasteiger partial charge in [0.1, 0.15) is 6.61 Å². The van der Waals surface area contributed by atoms with E-state index in [0.717, 1.165) is 5.56 Å². The molecular weight excluding hydrogens is 358 g/mol. The number of hydrogen-bond acceptors (Lipinski definition) is 4. The highest BCUT2D eigenvalue weighted by atomic mass is 16.5. The van der Waals surface area contributed by atoms with Gasteiger partial charge in [-0.3, -0.25) is 9.59 Å². The smallest absolute Gasteiger partial charge is 0.308 e. The van der Waals surface area contributed by atoms with E-state index in [1.807, 2.05) is 30.3 Å². The highest BCUT2D eigenvalue weighted by molar-refractivity contribution is 5.95. The summed E-state index contributed by atoms with van der Waals surface area (Å²) < 4.78 is 10.8. The van der Waals surface area contributed by atoms with E-state index in [-0.39, 0.29) is 18.4 Å². The van der Waals surface area contributed by atoms with Crippen molar-refractivity contribution in [1.82, 2.24) is 4.90 Å². The van der Waals surface area contributed by atoms with Gasteiger partial charge in [-0.1, -0.05) is 43.0 Å². The summed E-state index contributed by atoms with van der Waals surface area (Å²) >= 11 is 0. The minimum atomic E-state index is -0.894. The topological polar surface area (TPSA) is 76.1 Å². The molecule has 146 valence electrons. The molecule has 0 aromatic heterocycles. The van der Waals surface area contributed by atoms with Crippen molar-refractivity contribution in [1.29, 1.82) is 0 Å². The van der Waals surface area contributed by atoms with Gasteiger partial charge in [0.25, 0.3) is 5.91 Å². The fourth-order valence-electron chi connectivity index (χ4n) is 3.51. The van der Waals surface area contributed by atoms with E-state index in [1.165, 1.54) is 7.11 Å². The Hall–Kier alpha value is -3.28. The summed E-state index contributed by atoms with van der Waals surface area (Å²) in [6.07, 6.45) is 1.62. The Morgan fingerprint density at radius 2 is 1.93 bits per heavy atom. The van der Waals surface area contributed by atoms with Crippen molar-refractivity contribution in [3.8, 4) is 11.5 Å². The summed E-state index contributed by atoms with van der Waals surface area (Å²) in [4.78, 5) is 26.4. The van der Waals surface area contributed by atoms with Crippen LogP contribution in [-0.4, -0.2) is 48.7 Å². The number of hydrogen-bond donors (Lipinski definition) is 1. The summed E-state index contributed by atoms with van der Waals surface area (Å²) in [6.45, 7) is 4.47. The van der Waals surface area contributed by atoms with Crippen LogP contribution in [0.25, 0.3) is 0 Å². The molecule has 0 saturated carbocycles. The van der Waals surface area contributed by atoms with Crippen LogP contribution in [0.2, 0.25) is 0 Å². The number of ether oxygens (including phenoxy) is 2. The van der Waals surface area contributed by atoms with Crippen molar-refractivity contribution < 1.29 is 24.2 Å². The molecule has 2 atom stereocenters. The molecule has 0 bridgehead atoms. The molecule has 1 saturated heterocycles. The molecule has 1 N–H and O–H groups in total. The lowest BCUT2D eigenvalue weighted by Crippen LogP contribution is -2.29. The van der Waals surface area contributed by atoms with E-state index in [4.69, 9.17) is 9.47 Å². The largest absolute Gasteiger partial charge is 0.493 e. The van der Waals surface area contributed by atoms with Gasteiger partial charge in [-0.15, -0.1) is 0 Å². The van der Waals surface area contributed by atoms with Gasteiger partial charge in [0.2, 0.25) is 0 Å². The minimum Gasteiger partial charge on any atom is -0.493 e. The first-order valence-corrected chi connectivity index (χ1v) is 9.04. The van der Waals surface area contributed by atoms with Crippen LogP contribution in [-0.2, 0) is 4.79 Å². The average Bonchev–Trinajstić information content (AvgIpc) is 3.18. The highest BCUT2D eigenvalue weighted by Crippen LogP contribution is 2.35. The Morgan fingerprint density at radius 3 is 2.57 bits per heavy atom. The van der Waals surface area contributed by atoms with Crippen molar-refractivity contribution in [3.63, 3.8) is 0 Å². The van der Waals surface area contributed by atoms with Crippen LogP contribution < -0.4 is 9.47 Å². The summed E-state index contributed by atoms with van der Waals surface area (Å²) in [5, 5.41) is 9.63. The van der Waals surface area contributed by atoms with Crippen LogP contribution in [0, 0.1) is 5.92 Å². The zero-order valence-electron chi connectivity index (χ0n) is 15.7. The number of carboxylic acids is 1. The number of methoxy groups -OCH3 is 1. The second-order valence-electron chi connectivity index (χ2n) is 6.64.